The SMILES string of the molecule is Cc1cc(C)cc(Nc2nc3c(Nc4ccc5c(n4)CC(=O)C(C)(C)O5)nccn3n2)c1. The number of aryl methyl sites for hydroxylation is 2. The number of nitrogens with zero attached hydrogens (tertiary/aromatic N) is 5. The number of aromatic nitrogens is 5. The van der Waals surface area contributed by atoms with Crippen LogP contribution in [-0.2, 0) is 11.2 Å². The highest BCUT2D eigenvalue weighted by Crippen LogP contribution is 2.31. The fourth-order valence-corrected chi connectivity index (χ4v) is 3.73. The smallest absolute Gasteiger partial charge is 0.247 e. The number of anilines is 4. The van der Waals surface area contributed by atoms with Crippen LogP contribution in [0.2, 0.25) is 0 Å². The summed E-state index contributed by atoms with van der Waals surface area (Å²) in [7, 11) is 0. The van der Waals surface area contributed by atoms with Crippen LogP contribution in [-0.4, -0.2) is 36.0 Å². The van der Waals surface area contributed by atoms with Gasteiger partial charge in [0.1, 0.15) is 11.6 Å². The van der Waals surface area contributed by atoms with Crippen LogP contribution in [0.15, 0.2) is 42.7 Å². The number of fused-ring (bicyclic) bond motifs is 2. The third-order valence-electron chi connectivity index (χ3n) is 5.28. The monoisotopic (exact) mass is 429 g/mol. The van der Waals surface area contributed by atoms with Crippen LogP contribution in [0, 0.1) is 13.8 Å². The molecule has 0 radical (unpaired) electrons. The lowest BCUT2D eigenvalue weighted by Gasteiger charge is -2.30. The quantitative estimate of drug-likeness (QED) is 0.503. The average molecular weight is 429 g/mol. The van der Waals surface area contributed by atoms with Crippen molar-refractivity contribution in [3.8, 4) is 5.75 Å². The summed E-state index contributed by atoms with van der Waals surface area (Å²) in [6.07, 6.45) is 3.59. The molecular weight excluding hydrogens is 406 g/mol. The molecule has 0 spiro atoms. The molecule has 9 heteroatoms. The summed E-state index contributed by atoms with van der Waals surface area (Å²) >= 11 is 0. The summed E-state index contributed by atoms with van der Waals surface area (Å²) in [4.78, 5) is 25.8. The first-order chi connectivity index (χ1) is 15.3. The van der Waals surface area contributed by atoms with Crippen molar-refractivity contribution in [1.82, 2.24) is 24.6 Å². The molecular formula is C23H23N7O2. The summed E-state index contributed by atoms with van der Waals surface area (Å²) in [5, 5.41) is 10.9. The second kappa shape index (κ2) is 7.30. The normalized spacial score (nSPS) is 14.7. The van der Waals surface area contributed by atoms with E-state index < -0.39 is 5.60 Å². The molecule has 1 aromatic carbocycles. The molecule has 0 unspecified atom stereocenters. The topological polar surface area (TPSA) is 106 Å². The Balaban J connectivity index is 1.43. The molecule has 0 amide bonds. The summed E-state index contributed by atoms with van der Waals surface area (Å²) in [5.41, 5.74) is 3.55. The molecule has 0 atom stereocenters. The fourth-order valence-electron chi connectivity index (χ4n) is 3.73. The minimum atomic E-state index is -0.836. The zero-order chi connectivity index (χ0) is 22.5. The maximum absolute atomic E-state index is 12.3. The number of carbonyl (C=O) groups is 1. The van der Waals surface area contributed by atoms with Crippen LogP contribution in [0.25, 0.3) is 5.65 Å². The van der Waals surface area contributed by atoms with Crippen LogP contribution >= 0.6 is 0 Å². The van der Waals surface area contributed by atoms with E-state index in [9.17, 15) is 4.79 Å². The lowest BCUT2D eigenvalue weighted by Crippen LogP contribution is -2.42. The van der Waals surface area contributed by atoms with Gasteiger partial charge in [0.05, 0.1) is 12.1 Å². The Morgan fingerprint density at radius 1 is 1.06 bits per heavy atom. The Morgan fingerprint density at radius 2 is 1.84 bits per heavy atom. The lowest BCUT2D eigenvalue weighted by molar-refractivity contribution is -0.132. The molecule has 3 aromatic heterocycles. The van der Waals surface area contributed by atoms with Gasteiger partial charge >= 0.3 is 0 Å². The second-order valence-corrected chi connectivity index (χ2v) is 8.46. The van der Waals surface area contributed by atoms with Gasteiger partial charge in [0.15, 0.2) is 17.2 Å². The Kier molecular flexibility index (Phi) is 4.54. The predicted octanol–water partition coefficient (Wildman–Crippen LogP) is 3.91. The van der Waals surface area contributed by atoms with Gasteiger partial charge in [-0.2, -0.15) is 4.98 Å². The van der Waals surface area contributed by atoms with Crippen molar-refractivity contribution in [2.75, 3.05) is 10.6 Å². The zero-order valence-electron chi connectivity index (χ0n) is 18.3. The molecule has 0 saturated carbocycles. The summed E-state index contributed by atoms with van der Waals surface area (Å²) in [6.45, 7) is 7.63. The number of carbonyl (C=O) groups excluding carboxylic acids is 1. The van der Waals surface area contributed by atoms with Crippen LogP contribution in [0.3, 0.4) is 0 Å². The van der Waals surface area contributed by atoms with Crippen molar-refractivity contribution in [2.45, 2.75) is 39.7 Å². The molecule has 1 aliphatic rings. The van der Waals surface area contributed by atoms with Gasteiger partial charge < -0.3 is 15.4 Å². The Labute approximate surface area is 184 Å². The van der Waals surface area contributed by atoms with E-state index in [2.05, 4.69) is 36.8 Å². The van der Waals surface area contributed by atoms with Gasteiger partial charge in [-0.15, -0.1) is 5.10 Å². The molecule has 0 aliphatic carbocycles. The first-order valence-electron chi connectivity index (χ1n) is 10.3. The van der Waals surface area contributed by atoms with Gasteiger partial charge in [0.25, 0.3) is 0 Å². The predicted molar refractivity (Wildman–Crippen MR) is 121 cm³/mol. The molecule has 1 aliphatic heterocycles. The van der Waals surface area contributed by atoms with E-state index >= 15 is 0 Å². The van der Waals surface area contributed by atoms with Crippen LogP contribution in [0.1, 0.15) is 30.7 Å². The van der Waals surface area contributed by atoms with Crippen LogP contribution in [0.4, 0.5) is 23.3 Å². The number of pyridine rings is 1. The van der Waals surface area contributed by atoms with Crippen molar-refractivity contribution in [3.63, 3.8) is 0 Å². The van der Waals surface area contributed by atoms with E-state index in [4.69, 9.17) is 4.74 Å². The van der Waals surface area contributed by atoms with Crippen LogP contribution < -0.4 is 15.4 Å². The number of nitrogens with one attached hydrogen (secondary N) is 2. The van der Waals surface area contributed by atoms with E-state index in [-0.39, 0.29) is 12.2 Å². The van der Waals surface area contributed by atoms with Gasteiger partial charge in [0, 0.05) is 18.1 Å². The van der Waals surface area contributed by atoms with Crippen molar-refractivity contribution >= 4 is 34.7 Å². The highest BCUT2D eigenvalue weighted by atomic mass is 16.5. The Morgan fingerprint density at radius 3 is 2.62 bits per heavy atom. The molecule has 9 nitrogen and oxygen atoms in total. The summed E-state index contributed by atoms with van der Waals surface area (Å²) in [5.74, 6) is 2.13. The first-order valence-corrected chi connectivity index (χ1v) is 10.3. The average Bonchev–Trinajstić information content (AvgIpc) is 3.11. The molecule has 0 bridgehead atoms. The fraction of sp³-hybridized carbons (Fsp3) is 0.261. The zero-order valence-corrected chi connectivity index (χ0v) is 18.3. The van der Waals surface area contributed by atoms with Gasteiger partial charge in [-0.1, -0.05) is 6.07 Å². The maximum Gasteiger partial charge on any atom is 0.247 e. The minimum absolute atomic E-state index is 0.00515. The second-order valence-electron chi connectivity index (χ2n) is 8.46. The highest BCUT2D eigenvalue weighted by molar-refractivity contribution is 5.90. The van der Waals surface area contributed by atoms with E-state index in [0.29, 0.717) is 34.7 Å². The standard InChI is InChI=1S/C23H23N7O2/c1-13-9-14(2)11-15(10-13)25-22-28-21-20(24-7-8-30(21)29-22)27-19-6-5-17-16(26-19)12-18(31)23(3,4)32-17/h5-11H,12H2,1-4H3,(H,25,29)(H,24,26,27). The summed E-state index contributed by atoms with van der Waals surface area (Å²) < 4.78 is 7.44. The molecule has 4 heterocycles. The van der Waals surface area contributed by atoms with Gasteiger partial charge in [-0.3, -0.25) is 4.79 Å². The van der Waals surface area contributed by atoms with Crippen molar-refractivity contribution in [1.29, 1.82) is 0 Å². The number of ether oxygens (including phenoxy) is 1. The van der Waals surface area contributed by atoms with Crippen molar-refractivity contribution in [3.05, 3.63) is 59.5 Å². The van der Waals surface area contributed by atoms with E-state index in [1.807, 2.05) is 32.0 Å². The van der Waals surface area contributed by atoms with E-state index in [0.717, 1.165) is 16.8 Å². The molecule has 0 saturated heterocycles. The summed E-state index contributed by atoms with van der Waals surface area (Å²) in [6, 6.07) is 9.80. The van der Waals surface area contributed by atoms with Gasteiger partial charge in [-0.25, -0.2) is 14.5 Å². The third kappa shape index (κ3) is 3.73. The number of benzene rings is 1. The molecule has 162 valence electrons. The van der Waals surface area contributed by atoms with Gasteiger partial charge in [-0.05, 0) is 63.1 Å². The largest absolute Gasteiger partial charge is 0.478 e. The molecule has 2 N–H and O–H groups in total. The van der Waals surface area contributed by atoms with Gasteiger partial charge in [0.2, 0.25) is 11.6 Å². The molecule has 4 aromatic rings. The number of Topliss-reactive ketones (excluding diaryl/α,β-unsaturated/α-hetero) is 1. The Bertz CT molecular complexity index is 1340. The minimum Gasteiger partial charge on any atom is -0.478 e. The number of ketones is 1. The highest BCUT2D eigenvalue weighted by Gasteiger charge is 2.36. The first kappa shape index (κ1) is 19.9. The van der Waals surface area contributed by atoms with E-state index in [1.54, 1.807) is 36.8 Å². The van der Waals surface area contributed by atoms with Crippen molar-refractivity contribution in [2.24, 2.45) is 0 Å². The number of hydrogen-bond donors (Lipinski definition) is 2. The molecule has 5 rings (SSSR count). The number of rotatable bonds is 4. The van der Waals surface area contributed by atoms with Crippen molar-refractivity contribution < 1.29 is 9.53 Å². The van der Waals surface area contributed by atoms with Crippen LogP contribution in [0.5, 0.6) is 5.75 Å². The maximum atomic E-state index is 12.3. The lowest BCUT2D eigenvalue weighted by atomic mass is 9.95. The Hall–Kier alpha value is -4.01. The molecule has 0 fully saturated rings. The van der Waals surface area contributed by atoms with E-state index in [1.165, 1.54) is 0 Å². The molecule has 32 heavy (non-hydrogen) atoms. The number of hydrogen-bond acceptors (Lipinski definition) is 8. The third-order valence-corrected chi connectivity index (χ3v) is 5.28.